The second-order valence-electron chi connectivity index (χ2n) is 2.89. The maximum atomic E-state index is 11.3. The molecule has 2 aromatic rings. The van der Waals surface area contributed by atoms with Crippen LogP contribution in [-0.2, 0) is 0 Å². The molecule has 0 saturated heterocycles. The molecule has 5 heteroatoms. The molecule has 1 atom stereocenters. The molecular formula is C8H6N4O. The third kappa shape index (κ3) is 0.769. The van der Waals surface area contributed by atoms with Gasteiger partial charge in [0.2, 0.25) is 0 Å². The lowest BCUT2D eigenvalue weighted by Gasteiger charge is -2.19. The number of hydroxylamine groups is 1. The molecule has 1 aliphatic heterocycles. The van der Waals surface area contributed by atoms with E-state index in [-0.39, 0.29) is 5.17 Å². The first-order valence-electron chi connectivity index (χ1n) is 3.93. The van der Waals surface area contributed by atoms with Crippen LogP contribution >= 0.6 is 0 Å². The van der Waals surface area contributed by atoms with Crippen LogP contribution in [0.5, 0.6) is 0 Å². The number of benzene rings is 1. The van der Waals surface area contributed by atoms with Gasteiger partial charge in [-0.3, -0.25) is 0 Å². The summed E-state index contributed by atoms with van der Waals surface area (Å²) in [7, 11) is 0. The van der Waals surface area contributed by atoms with Crippen LogP contribution in [-0.4, -0.2) is 15.1 Å². The highest BCUT2D eigenvalue weighted by Crippen LogP contribution is 2.17. The SMILES string of the molecule is [O-][NH+]1C=Cc2cccc3nnn1c23. The first kappa shape index (κ1) is 6.76. The number of hydrogen-bond donors (Lipinski definition) is 1. The molecule has 1 aliphatic rings. The molecule has 0 amide bonds. The van der Waals surface area contributed by atoms with E-state index in [1.807, 2.05) is 18.2 Å². The number of quaternary nitrogens is 1. The van der Waals surface area contributed by atoms with Crippen LogP contribution in [0, 0.1) is 5.21 Å². The molecule has 0 spiro atoms. The topological polar surface area (TPSA) is 58.2 Å². The summed E-state index contributed by atoms with van der Waals surface area (Å²) in [5.74, 6) is 0. The Labute approximate surface area is 73.4 Å². The zero-order valence-electron chi connectivity index (χ0n) is 6.64. The van der Waals surface area contributed by atoms with Crippen molar-refractivity contribution in [2.75, 3.05) is 0 Å². The lowest BCUT2D eigenvalue weighted by Crippen LogP contribution is -3.05. The summed E-state index contributed by atoms with van der Waals surface area (Å²) >= 11 is 0. The van der Waals surface area contributed by atoms with E-state index in [4.69, 9.17) is 0 Å². The van der Waals surface area contributed by atoms with Crippen LogP contribution in [0.1, 0.15) is 5.56 Å². The quantitative estimate of drug-likeness (QED) is 0.551. The van der Waals surface area contributed by atoms with Gasteiger partial charge in [-0.15, -0.1) is 5.10 Å². The molecule has 3 rings (SSSR count). The Kier molecular flexibility index (Phi) is 1.12. The Morgan fingerprint density at radius 3 is 3.23 bits per heavy atom. The molecule has 0 bridgehead atoms. The van der Waals surface area contributed by atoms with E-state index in [1.165, 1.54) is 11.0 Å². The van der Waals surface area contributed by atoms with E-state index in [2.05, 4.69) is 10.3 Å². The van der Waals surface area contributed by atoms with Gasteiger partial charge in [0.05, 0.1) is 0 Å². The van der Waals surface area contributed by atoms with Crippen LogP contribution in [0.2, 0.25) is 0 Å². The Hall–Kier alpha value is -1.72. The third-order valence-corrected chi connectivity index (χ3v) is 2.11. The largest absolute Gasteiger partial charge is 0.601 e. The fraction of sp³-hybridized carbons (Fsp3) is 0. The normalized spacial score (nSPS) is 19.6. The van der Waals surface area contributed by atoms with Crippen molar-refractivity contribution in [1.82, 2.24) is 15.1 Å². The molecule has 5 nitrogen and oxygen atoms in total. The molecule has 2 heterocycles. The number of hydrogen-bond acceptors (Lipinski definition) is 3. The van der Waals surface area contributed by atoms with E-state index < -0.39 is 0 Å². The Balaban J connectivity index is 2.51. The molecular weight excluding hydrogens is 168 g/mol. The van der Waals surface area contributed by atoms with Crippen molar-refractivity contribution < 1.29 is 5.17 Å². The maximum Gasteiger partial charge on any atom is 0.153 e. The van der Waals surface area contributed by atoms with E-state index in [1.54, 1.807) is 6.08 Å². The van der Waals surface area contributed by atoms with Crippen LogP contribution in [0.25, 0.3) is 17.1 Å². The smallest absolute Gasteiger partial charge is 0.153 e. The van der Waals surface area contributed by atoms with Gasteiger partial charge in [-0.05, 0) is 11.3 Å². The van der Waals surface area contributed by atoms with E-state index in [0.29, 0.717) is 0 Å². The monoisotopic (exact) mass is 174 g/mol. The fourth-order valence-corrected chi connectivity index (χ4v) is 1.52. The molecule has 1 aromatic carbocycles. The highest BCUT2D eigenvalue weighted by atomic mass is 16.5. The summed E-state index contributed by atoms with van der Waals surface area (Å²) in [4.78, 5) is 1.32. The number of aromatic nitrogens is 3. The molecule has 13 heavy (non-hydrogen) atoms. The van der Waals surface area contributed by atoms with Crippen LogP contribution < -0.4 is 5.17 Å². The van der Waals surface area contributed by atoms with Gasteiger partial charge in [-0.1, -0.05) is 16.9 Å². The maximum absolute atomic E-state index is 11.3. The predicted molar refractivity (Wildman–Crippen MR) is 46.3 cm³/mol. The number of para-hydroxylation sites is 1. The third-order valence-electron chi connectivity index (χ3n) is 2.11. The summed E-state index contributed by atoms with van der Waals surface area (Å²) in [5.41, 5.74) is 2.55. The van der Waals surface area contributed by atoms with Crippen molar-refractivity contribution >= 4 is 17.1 Å². The molecule has 0 saturated carbocycles. The van der Waals surface area contributed by atoms with Crippen molar-refractivity contribution in [3.63, 3.8) is 0 Å². The molecule has 1 N–H and O–H groups in total. The molecule has 0 radical (unpaired) electrons. The minimum atomic E-state index is -0.138. The average molecular weight is 174 g/mol. The number of rotatable bonds is 0. The Bertz CT molecular complexity index is 502. The van der Waals surface area contributed by atoms with Gasteiger partial charge in [0.15, 0.2) is 5.52 Å². The minimum Gasteiger partial charge on any atom is -0.601 e. The second kappa shape index (κ2) is 2.15. The molecule has 0 fully saturated rings. The summed E-state index contributed by atoms with van der Waals surface area (Å²) in [6.45, 7) is 0. The summed E-state index contributed by atoms with van der Waals surface area (Å²) in [6, 6.07) is 5.68. The molecule has 64 valence electrons. The van der Waals surface area contributed by atoms with Gasteiger partial charge in [0.25, 0.3) is 0 Å². The minimum absolute atomic E-state index is 0.138. The van der Waals surface area contributed by atoms with E-state index in [9.17, 15) is 5.21 Å². The van der Waals surface area contributed by atoms with E-state index >= 15 is 0 Å². The molecule has 1 unspecified atom stereocenters. The first-order valence-corrected chi connectivity index (χ1v) is 3.93. The van der Waals surface area contributed by atoms with Gasteiger partial charge >= 0.3 is 0 Å². The van der Waals surface area contributed by atoms with Gasteiger partial charge < -0.3 is 5.21 Å². The highest BCUT2D eigenvalue weighted by Gasteiger charge is 2.15. The Morgan fingerprint density at radius 1 is 1.38 bits per heavy atom. The number of nitrogens with one attached hydrogen (secondary N) is 1. The first-order chi connectivity index (χ1) is 6.36. The van der Waals surface area contributed by atoms with Gasteiger partial charge in [0, 0.05) is 11.6 Å². The molecule has 1 aromatic heterocycles. The summed E-state index contributed by atoms with van der Waals surface area (Å²) in [5, 5.41) is 18.8. The van der Waals surface area contributed by atoms with Crippen molar-refractivity contribution in [2.24, 2.45) is 0 Å². The lowest BCUT2D eigenvalue weighted by atomic mass is 10.1. The van der Waals surface area contributed by atoms with Crippen molar-refractivity contribution in [1.29, 1.82) is 0 Å². The zero-order chi connectivity index (χ0) is 8.84. The summed E-state index contributed by atoms with van der Waals surface area (Å²) in [6.07, 6.45) is 3.28. The summed E-state index contributed by atoms with van der Waals surface area (Å²) < 4.78 is 0. The van der Waals surface area contributed by atoms with Crippen molar-refractivity contribution in [3.8, 4) is 0 Å². The van der Waals surface area contributed by atoms with Crippen molar-refractivity contribution in [2.45, 2.75) is 0 Å². The van der Waals surface area contributed by atoms with E-state index in [0.717, 1.165) is 16.6 Å². The highest BCUT2D eigenvalue weighted by molar-refractivity contribution is 5.84. The van der Waals surface area contributed by atoms with Gasteiger partial charge in [-0.2, -0.15) is 0 Å². The fourth-order valence-electron chi connectivity index (χ4n) is 1.52. The predicted octanol–water partition coefficient (Wildman–Crippen LogP) is -0.439. The average Bonchev–Trinajstić information content (AvgIpc) is 2.57. The van der Waals surface area contributed by atoms with Gasteiger partial charge in [0.1, 0.15) is 11.7 Å². The van der Waals surface area contributed by atoms with Crippen LogP contribution in [0.15, 0.2) is 24.4 Å². The Morgan fingerprint density at radius 2 is 2.31 bits per heavy atom. The number of nitrogens with zero attached hydrogens (tertiary/aromatic N) is 3. The standard InChI is InChI=1S/C8H6N4O/c13-11-5-4-6-2-1-3-7-8(6)12(11)10-9-7/h1-5,11H. The van der Waals surface area contributed by atoms with Crippen LogP contribution in [0.4, 0.5) is 0 Å². The van der Waals surface area contributed by atoms with Crippen LogP contribution in [0.3, 0.4) is 0 Å². The van der Waals surface area contributed by atoms with Gasteiger partial charge in [-0.25, -0.2) is 5.17 Å². The van der Waals surface area contributed by atoms with Crippen molar-refractivity contribution in [3.05, 3.63) is 35.2 Å². The zero-order valence-corrected chi connectivity index (χ0v) is 6.64. The molecule has 0 aliphatic carbocycles. The second-order valence-corrected chi connectivity index (χ2v) is 2.89. The lowest BCUT2D eigenvalue weighted by molar-refractivity contribution is -0.846.